The Bertz CT molecular complexity index is 934. The van der Waals surface area contributed by atoms with Crippen molar-refractivity contribution in [3.05, 3.63) is 29.3 Å². The maximum absolute atomic E-state index is 14.6. The van der Waals surface area contributed by atoms with Crippen molar-refractivity contribution >= 4 is 15.9 Å². The maximum atomic E-state index is 14.6. The molecule has 3 heterocycles. The van der Waals surface area contributed by atoms with Gasteiger partial charge < -0.3 is 14.4 Å². The minimum absolute atomic E-state index is 0.0439. The summed E-state index contributed by atoms with van der Waals surface area (Å²) in [6.07, 6.45) is 5.08. The molecular weight excluding hydrogens is 430 g/mol. The van der Waals surface area contributed by atoms with Gasteiger partial charge in [0.15, 0.2) is 18.2 Å². The molecular formula is C21H28F2N2O5S. The summed E-state index contributed by atoms with van der Waals surface area (Å²) in [6, 6.07) is 1.12. The summed E-state index contributed by atoms with van der Waals surface area (Å²) >= 11 is 0. The van der Waals surface area contributed by atoms with Crippen molar-refractivity contribution in [3.63, 3.8) is 0 Å². The Hall–Kier alpha value is -1.78. The van der Waals surface area contributed by atoms with Crippen molar-refractivity contribution in [1.29, 1.82) is 0 Å². The minimum Gasteiger partial charge on any atom is -0.480 e. The molecule has 172 valence electrons. The van der Waals surface area contributed by atoms with E-state index >= 15 is 0 Å². The SMILES string of the molecule is CS(=O)(=O)N[C@H]1CCCN2C(=O)COc3c(F)cc(F)cc3[C@H]3CC[C@H](CC3)OCC12. The molecule has 10 heteroatoms. The quantitative estimate of drug-likeness (QED) is 0.735. The van der Waals surface area contributed by atoms with E-state index in [2.05, 4.69) is 4.72 Å². The van der Waals surface area contributed by atoms with Crippen LogP contribution in [0.15, 0.2) is 12.1 Å². The van der Waals surface area contributed by atoms with Crippen LogP contribution >= 0.6 is 0 Å². The highest BCUT2D eigenvalue weighted by Crippen LogP contribution is 2.40. The van der Waals surface area contributed by atoms with Gasteiger partial charge in [-0.1, -0.05) is 0 Å². The van der Waals surface area contributed by atoms with E-state index in [0.717, 1.165) is 12.3 Å². The number of carbonyl (C=O) groups excluding carboxylic acids is 1. The number of amides is 1. The molecule has 1 aromatic rings. The molecule has 5 rings (SSSR count). The second-order valence-corrected chi connectivity index (χ2v) is 10.5. The van der Waals surface area contributed by atoms with Crippen molar-refractivity contribution in [1.82, 2.24) is 9.62 Å². The standard InChI is InChI=1S/C21H28F2N2O5S/c1-31(27,28)24-18-3-2-8-25-19(18)11-29-15-6-4-13(5-7-15)16-9-14(22)10-17(23)21(16)30-12-20(25)26/h9-10,13,15,18-19,24H,2-8,11-12H2,1H3/t13-,15+,18-,19?/m0/s1. The molecule has 1 aliphatic carbocycles. The maximum Gasteiger partial charge on any atom is 0.260 e. The summed E-state index contributed by atoms with van der Waals surface area (Å²) in [7, 11) is -3.47. The molecule has 0 radical (unpaired) electrons. The van der Waals surface area contributed by atoms with Crippen molar-refractivity contribution in [2.75, 3.05) is 26.0 Å². The lowest BCUT2D eigenvalue weighted by Crippen LogP contribution is -2.59. The van der Waals surface area contributed by atoms with Gasteiger partial charge in [-0.05, 0) is 50.5 Å². The van der Waals surface area contributed by atoms with E-state index in [1.165, 1.54) is 6.07 Å². The van der Waals surface area contributed by atoms with Crippen molar-refractivity contribution in [2.24, 2.45) is 0 Å². The smallest absolute Gasteiger partial charge is 0.260 e. The van der Waals surface area contributed by atoms with Gasteiger partial charge in [-0.15, -0.1) is 0 Å². The molecule has 1 saturated carbocycles. The molecule has 1 unspecified atom stereocenters. The number of benzene rings is 1. The lowest BCUT2D eigenvalue weighted by atomic mass is 9.82. The Labute approximate surface area is 181 Å². The van der Waals surface area contributed by atoms with E-state index in [1.807, 2.05) is 0 Å². The van der Waals surface area contributed by atoms with E-state index in [-0.39, 0.29) is 30.3 Å². The average molecular weight is 459 g/mol. The number of halogens is 2. The van der Waals surface area contributed by atoms with Gasteiger partial charge in [0.1, 0.15) is 5.82 Å². The van der Waals surface area contributed by atoms with E-state index in [0.29, 0.717) is 50.6 Å². The van der Waals surface area contributed by atoms with Gasteiger partial charge >= 0.3 is 0 Å². The van der Waals surface area contributed by atoms with Crippen LogP contribution in [0.25, 0.3) is 0 Å². The molecule has 1 aromatic carbocycles. The first kappa shape index (κ1) is 22.4. The number of sulfonamides is 1. The highest BCUT2D eigenvalue weighted by molar-refractivity contribution is 7.88. The fraction of sp³-hybridized carbons (Fsp3) is 0.667. The molecule has 0 aromatic heterocycles. The number of hydrogen-bond donors (Lipinski definition) is 1. The minimum atomic E-state index is -3.47. The summed E-state index contributed by atoms with van der Waals surface area (Å²) in [5.74, 6) is -2.01. The molecule has 2 atom stereocenters. The van der Waals surface area contributed by atoms with Crippen LogP contribution in [0.2, 0.25) is 0 Å². The molecule has 3 aliphatic heterocycles. The van der Waals surface area contributed by atoms with Crippen LogP contribution in [0.4, 0.5) is 8.78 Å². The van der Waals surface area contributed by atoms with Gasteiger partial charge in [-0.3, -0.25) is 4.79 Å². The third-order valence-electron chi connectivity index (χ3n) is 6.46. The number of nitrogens with zero attached hydrogens (tertiary/aromatic N) is 1. The molecule has 31 heavy (non-hydrogen) atoms. The first-order valence-electron chi connectivity index (χ1n) is 10.7. The fourth-order valence-electron chi connectivity index (χ4n) is 5.01. The average Bonchev–Trinajstić information content (AvgIpc) is 2.71. The van der Waals surface area contributed by atoms with Crippen molar-refractivity contribution in [2.45, 2.75) is 62.6 Å². The Morgan fingerprint density at radius 3 is 2.58 bits per heavy atom. The normalized spacial score (nSPS) is 29.8. The Kier molecular flexibility index (Phi) is 6.50. The second-order valence-electron chi connectivity index (χ2n) is 8.69. The molecule has 4 aliphatic rings. The van der Waals surface area contributed by atoms with Crippen LogP contribution in [0, 0.1) is 11.6 Å². The van der Waals surface area contributed by atoms with Gasteiger partial charge in [-0.2, -0.15) is 0 Å². The molecule has 0 spiro atoms. The number of fused-ring (bicyclic) bond motifs is 5. The topological polar surface area (TPSA) is 84.9 Å². The zero-order valence-corrected chi connectivity index (χ0v) is 18.3. The van der Waals surface area contributed by atoms with Crippen LogP contribution in [0.3, 0.4) is 0 Å². The predicted molar refractivity (Wildman–Crippen MR) is 109 cm³/mol. The Morgan fingerprint density at radius 2 is 1.87 bits per heavy atom. The number of piperidine rings is 1. The van der Waals surface area contributed by atoms with Crippen LogP contribution in [-0.4, -0.2) is 63.4 Å². The first-order valence-corrected chi connectivity index (χ1v) is 12.6. The molecule has 7 nitrogen and oxygen atoms in total. The van der Waals surface area contributed by atoms with Crippen LogP contribution in [0.5, 0.6) is 5.75 Å². The monoisotopic (exact) mass is 458 g/mol. The summed E-state index contributed by atoms with van der Waals surface area (Å²) in [6.45, 7) is 0.238. The first-order chi connectivity index (χ1) is 14.7. The third kappa shape index (κ3) is 5.18. The van der Waals surface area contributed by atoms with Crippen LogP contribution in [0.1, 0.15) is 50.0 Å². The van der Waals surface area contributed by atoms with Gasteiger partial charge in [0, 0.05) is 24.2 Å². The molecule has 2 bridgehead atoms. The van der Waals surface area contributed by atoms with Gasteiger partial charge in [-0.25, -0.2) is 21.9 Å². The van der Waals surface area contributed by atoms with E-state index < -0.39 is 40.3 Å². The van der Waals surface area contributed by atoms with Gasteiger partial charge in [0.25, 0.3) is 5.91 Å². The van der Waals surface area contributed by atoms with Crippen molar-refractivity contribution in [3.8, 4) is 5.75 Å². The second kappa shape index (κ2) is 8.99. The number of hydrogen-bond acceptors (Lipinski definition) is 5. The number of nitrogens with one attached hydrogen (secondary N) is 1. The number of rotatable bonds is 2. The molecule has 2 fully saturated rings. The van der Waals surface area contributed by atoms with Gasteiger partial charge in [0.05, 0.1) is 25.0 Å². The van der Waals surface area contributed by atoms with Crippen LogP contribution in [-0.2, 0) is 19.6 Å². The predicted octanol–water partition coefficient (Wildman–Crippen LogP) is 2.31. The lowest BCUT2D eigenvalue weighted by molar-refractivity contribution is -0.140. The molecule has 1 amide bonds. The summed E-state index contributed by atoms with van der Waals surface area (Å²) in [4.78, 5) is 14.6. The molecule has 1 saturated heterocycles. The molecule has 1 N–H and O–H groups in total. The number of carbonyl (C=O) groups is 1. The summed E-state index contributed by atoms with van der Waals surface area (Å²) in [5, 5.41) is 0. The Morgan fingerprint density at radius 1 is 1.13 bits per heavy atom. The third-order valence-corrected chi connectivity index (χ3v) is 7.19. The fourth-order valence-corrected chi connectivity index (χ4v) is 5.84. The van der Waals surface area contributed by atoms with Gasteiger partial charge in [0.2, 0.25) is 10.0 Å². The summed E-state index contributed by atoms with van der Waals surface area (Å²) < 4.78 is 66.6. The summed E-state index contributed by atoms with van der Waals surface area (Å²) in [5.41, 5.74) is 0.454. The van der Waals surface area contributed by atoms with E-state index in [9.17, 15) is 22.0 Å². The largest absolute Gasteiger partial charge is 0.480 e. The highest BCUT2D eigenvalue weighted by atomic mass is 32.2. The number of ether oxygens (including phenoxy) is 2. The van der Waals surface area contributed by atoms with E-state index in [1.54, 1.807) is 4.90 Å². The van der Waals surface area contributed by atoms with Crippen molar-refractivity contribution < 1.29 is 31.5 Å². The van der Waals surface area contributed by atoms with Crippen LogP contribution < -0.4 is 9.46 Å². The zero-order chi connectivity index (χ0) is 22.2. The highest BCUT2D eigenvalue weighted by Gasteiger charge is 2.38. The lowest BCUT2D eigenvalue weighted by Gasteiger charge is -2.41. The zero-order valence-electron chi connectivity index (χ0n) is 17.5. The Balaban J connectivity index is 1.65. The van der Waals surface area contributed by atoms with E-state index in [4.69, 9.17) is 9.47 Å².